The van der Waals surface area contributed by atoms with Crippen LogP contribution in [0.2, 0.25) is 0 Å². The Morgan fingerprint density at radius 1 is 0.369 bits per heavy atom. The van der Waals surface area contributed by atoms with E-state index in [4.69, 9.17) is 9.47 Å². The van der Waals surface area contributed by atoms with E-state index in [1.165, 1.54) is 161 Å². The topological polar surface area (TPSA) is 59.1 Å². The van der Waals surface area contributed by atoms with Crippen molar-refractivity contribution in [1.82, 2.24) is 9.80 Å². The molecule has 0 heterocycles. The van der Waals surface area contributed by atoms with Crippen molar-refractivity contribution < 1.29 is 27.8 Å². The van der Waals surface area contributed by atoms with Crippen LogP contribution in [0.4, 0.5) is 8.78 Å². The molecule has 0 aromatic heterocycles. The molecule has 0 aromatic carbocycles. The maximum Gasteiger partial charge on any atom is 0.340 e. The van der Waals surface area contributed by atoms with E-state index in [9.17, 15) is 14.0 Å². The number of ether oxygens (including phenoxy) is 2. The third-order valence-electron chi connectivity index (χ3n) is 14.0. The number of alkyl halides is 2. The molecule has 65 heavy (non-hydrogen) atoms. The number of hydrogen-bond donors (Lipinski definition) is 0. The summed E-state index contributed by atoms with van der Waals surface area (Å²) in [5.74, 6) is -0.192. The van der Waals surface area contributed by atoms with E-state index in [2.05, 4.69) is 58.5 Å². The van der Waals surface area contributed by atoms with Gasteiger partial charge in [-0.15, -0.1) is 0 Å². The summed E-state index contributed by atoms with van der Waals surface area (Å²) in [5, 5.41) is 0. The fourth-order valence-corrected chi connectivity index (χ4v) is 9.61. The van der Waals surface area contributed by atoms with E-state index in [-0.39, 0.29) is 12.8 Å². The summed E-state index contributed by atoms with van der Waals surface area (Å²) in [6.07, 6.45) is 38.8. The number of hydrogen-bond acceptors (Lipinski definition) is 6. The van der Waals surface area contributed by atoms with Crippen molar-refractivity contribution in [2.24, 2.45) is 11.8 Å². The molecule has 0 aromatic rings. The Morgan fingerprint density at radius 3 is 1.05 bits per heavy atom. The summed E-state index contributed by atoms with van der Waals surface area (Å²) < 4.78 is 40.9. The van der Waals surface area contributed by atoms with Crippen molar-refractivity contribution in [3.63, 3.8) is 0 Å². The minimum atomic E-state index is -1.53. The first-order chi connectivity index (χ1) is 31.6. The normalized spacial score (nSPS) is 13.4. The fraction of sp³-hybridized carbons (Fsp3) is 0.965. The van der Waals surface area contributed by atoms with E-state index in [0.29, 0.717) is 43.9 Å². The van der Waals surface area contributed by atoms with Crippen LogP contribution < -0.4 is 0 Å². The van der Waals surface area contributed by atoms with E-state index < -0.39 is 24.3 Å². The smallest absolute Gasteiger partial charge is 0.340 e. The van der Waals surface area contributed by atoms with Gasteiger partial charge in [0.15, 0.2) is 12.3 Å². The average molecular weight is 928 g/mol. The van der Waals surface area contributed by atoms with Gasteiger partial charge in [0, 0.05) is 6.04 Å². The van der Waals surface area contributed by atoms with Crippen LogP contribution in [0.15, 0.2) is 0 Å². The lowest BCUT2D eigenvalue weighted by atomic mass is 9.92. The molecule has 0 aliphatic carbocycles. The highest BCUT2D eigenvalue weighted by atomic mass is 19.1. The molecule has 0 aliphatic rings. The molecule has 0 fully saturated rings. The summed E-state index contributed by atoms with van der Waals surface area (Å²) >= 11 is 0. The molecule has 0 bridgehead atoms. The lowest BCUT2D eigenvalue weighted by Crippen LogP contribution is -2.37. The minimum Gasteiger partial charge on any atom is -0.464 e. The average Bonchev–Trinajstić information content (AvgIpc) is 3.29. The Labute approximate surface area is 404 Å². The maximum atomic E-state index is 15.0. The number of carbonyl (C=O) groups excluding carboxylic acids is 2. The number of rotatable bonds is 51. The number of carbonyl (C=O) groups is 2. The van der Waals surface area contributed by atoms with Crippen molar-refractivity contribution in [3.8, 4) is 0 Å². The molecule has 388 valence electrons. The maximum absolute atomic E-state index is 15.0. The summed E-state index contributed by atoms with van der Waals surface area (Å²) in [6, 6.07) is 0.512. The van der Waals surface area contributed by atoms with Gasteiger partial charge in [-0.05, 0) is 116 Å². The van der Waals surface area contributed by atoms with Gasteiger partial charge in [0.05, 0.1) is 13.2 Å². The quantitative estimate of drug-likeness (QED) is 0.0447. The number of halogens is 2. The first-order valence-corrected chi connectivity index (χ1v) is 28.6. The first-order valence-electron chi connectivity index (χ1n) is 28.6. The second-order valence-corrected chi connectivity index (χ2v) is 20.5. The molecule has 0 saturated heterocycles. The zero-order valence-corrected chi connectivity index (χ0v) is 44.6. The van der Waals surface area contributed by atoms with Crippen molar-refractivity contribution in [3.05, 3.63) is 0 Å². The predicted octanol–water partition coefficient (Wildman–Crippen LogP) is 17.1. The van der Waals surface area contributed by atoms with Crippen LogP contribution >= 0.6 is 0 Å². The summed E-state index contributed by atoms with van der Waals surface area (Å²) in [7, 11) is 4.29. The molecule has 0 radical (unpaired) electrons. The first kappa shape index (κ1) is 63.7. The standard InChI is InChI=1S/C57H112F2N2O4/c1-8-13-18-19-20-21-29-40-53(41-30-22-23-31-42-54(58)56(62)64-49-44-51(36-25-14-9-2)37-26-15-10-3)61(48-35-34-46-60(6)7)47-33-24-32-43-55(59)57(63)65-50-45-52(38-27-16-11-4)39-28-17-12-5/h51-55H,8-50H2,1-7H3. The van der Waals surface area contributed by atoms with Gasteiger partial charge in [0.1, 0.15) is 0 Å². The number of nitrogens with zero attached hydrogens (tertiary/aromatic N) is 2. The van der Waals surface area contributed by atoms with Crippen molar-refractivity contribution in [2.45, 2.75) is 297 Å². The van der Waals surface area contributed by atoms with Crippen LogP contribution in [-0.2, 0) is 19.1 Å². The van der Waals surface area contributed by atoms with Gasteiger partial charge in [-0.1, -0.05) is 208 Å². The van der Waals surface area contributed by atoms with E-state index in [1.54, 1.807) is 0 Å². The number of unbranched alkanes of at least 4 members (excludes halogenated alkanes) is 20. The molecule has 0 spiro atoms. The van der Waals surface area contributed by atoms with E-state index in [1.807, 2.05) is 0 Å². The lowest BCUT2D eigenvalue weighted by molar-refractivity contribution is -0.151. The highest BCUT2D eigenvalue weighted by Gasteiger charge is 2.22. The summed E-state index contributed by atoms with van der Waals surface area (Å²) in [5.41, 5.74) is 0. The molecule has 0 rings (SSSR count). The van der Waals surface area contributed by atoms with Crippen LogP contribution in [0.3, 0.4) is 0 Å². The molecular formula is C57H112F2N2O4. The largest absolute Gasteiger partial charge is 0.464 e. The molecule has 6 nitrogen and oxygen atoms in total. The van der Waals surface area contributed by atoms with E-state index >= 15 is 4.39 Å². The van der Waals surface area contributed by atoms with Gasteiger partial charge in [-0.2, -0.15) is 0 Å². The molecular weight excluding hydrogens is 815 g/mol. The van der Waals surface area contributed by atoms with Gasteiger partial charge < -0.3 is 19.3 Å². The van der Waals surface area contributed by atoms with Crippen LogP contribution in [-0.4, -0.2) is 87.1 Å². The third-order valence-corrected chi connectivity index (χ3v) is 14.0. The molecule has 0 saturated carbocycles. The van der Waals surface area contributed by atoms with Crippen LogP contribution in [0.25, 0.3) is 0 Å². The Morgan fingerprint density at radius 2 is 0.662 bits per heavy atom. The third kappa shape index (κ3) is 40.3. The number of esters is 2. The molecule has 0 N–H and O–H groups in total. The van der Waals surface area contributed by atoms with Gasteiger partial charge >= 0.3 is 11.9 Å². The minimum absolute atomic E-state index is 0.246. The molecule has 0 aliphatic heterocycles. The highest BCUT2D eigenvalue weighted by Crippen LogP contribution is 2.25. The van der Waals surface area contributed by atoms with Crippen LogP contribution in [0.5, 0.6) is 0 Å². The van der Waals surface area contributed by atoms with Crippen LogP contribution in [0, 0.1) is 11.8 Å². The van der Waals surface area contributed by atoms with E-state index in [0.717, 1.165) is 77.4 Å². The lowest BCUT2D eigenvalue weighted by Gasteiger charge is -2.32. The molecule has 3 unspecified atom stereocenters. The molecule has 0 amide bonds. The Balaban J connectivity index is 5.11. The zero-order valence-electron chi connectivity index (χ0n) is 44.6. The van der Waals surface area contributed by atoms with Crippen molar-refractivity contribution >= 4 is 11.9 Å². The van der Waals surface area contributed by atoms with Gasteiger partial charge in [-0.3, -0.25) is 0 Å². The highest BCUT2D eigenvalue weighted by molar-refractivity contribution is 5.74. The molecule has 8 heteroatoms. The summed E-state index contributed by atoms with van der Waals surface area (Å²) in [6.45, 7) is 15.0. The summed E-state index contributed by atoms with van der Waals surface area (Å²) in [4.78, 5) is 30.2. The Bertz CT molecular complexity index is 998. The van der Waals surface area contributed by atoms with Crippen LogP contribution in [0.1, 0.15) is 279 Å². The van der Waals surface area contributed by atoms with Gasteiger partial charge in [0.2, 0.25) is 0 Å². The second kappa shape index (κ2) is 47.8. The van der Waals surface area contributed by atoms with Gasteiger partial charge in [0.25, 0.3) is 0 Å². The molecule has 3 atom stereocenters. The zero-order chi connectivity index (χ0) is 48.0. The van der Waals surface area contributed by atoms with Crippen molar-refractivity contribution in [2.75, 3.05) is 46.9 Å². The SMILES string of the molecule is CCCCCCCCCC(CCCCCCC(F)C(=O)OCCC(CCCCC)CCCCC)N(CCCCCC(F)C(=O)OCCC(CCCCC)CCCCC)CCCCN(C)C. The van der Waals surface area contributed by atoms with Gasteiger partial charge in [-0.25, -0.2) is 18.4 Å². The monoisotopic (exact) mass is 927 g/mol. The van der Waals surface area contributed by atoms with Crippen molar-refractivity contribution in [1.29, 1.82) is 0 Å². The predicted molar refractivity (Wildman–Crippen MR) is 276 cm³/mol. The second-order valence-electron chi connectivity index (χ2n) is 20.5. The fourth-order valence-electron chi connectivity index (χ4n) is 9.61. The Kier molecular flexibility index (Phi) is 46.8. The Hall–Kier alpha value is -1.28.